The van der Waals surface area contributed by atoms with Crippen molar-refractivity contribution < 1.29 is 14.3 Å². The molecule has 3 heteroatoms. The maximum atomic E-state index is 11.2. The SMILES string of the molecule is CCC(=O)OCC(C)(C)OC(C)C1=CCCC(C)(C)C1. The van der Waals surface area contributed by atoms with Gasteiger partial charge in [0.1, 0.15) is 6.61 Å². The van der Waals surface area contributed by atoms with Crippen LogP contribution < -0.4 is 0 Å². The first-order valence-electron chi connectivity index (χ1n) is 7.67. The maximum absolute atomic E-state index is 11.2. The predicted octanol–water partition coefficient (Wildman–Crippen LogP) is 4.26. The van der Waals surface area contributed by atoms with Gasteiger partial charge in [-0.25, -0.2) is 0 Å². The summed E-state index contributed by atoms with van der Waals surface area (Å²) in [6.45, 7) is 12.8. The fourth-order valence-corrected chi connectivity index (χ4v) is 2.62. The molecule has 0 aromatic heterocycles. The first-order valence-corrected chi connectivity index (χ1v) is 7.67. The summed E-state index contributed by atoms with van der Waals surface area (Å²) in [5.74, 6) is -0.174. The lowest BCUT2D eigenvalue weighted by Gasteiger charge is -2.35. The Kier molecular flexibility index (Phi) is 5.81. The molecule has 20 heavy (non-hydrogen) atoms. The second-order valence-electron chi connectivity index (χ2n) is 7.19. The lowest BCUT2D eigenvalue weighted by Crippen LogP contribution is -2.36. The Morgan fingerprint density at radius 3 is 2.65 bits per heavy atom. The lowest BCUT2D eigenvalue weighted by molar-refractivity contribution is -0.155. The number of carbonyl (C=O) groups excluding carboxylic acids is 1. The van der Waals surface area contributed by atoms with Crippen LogP contribution in [0, 0.1) is 5.41 Å². The van der Waals surface area contributed by atoms with E-state index in [1.165, 1.54) is 12.0 Å². The van der Waals surface area contributed by atoms with E-state index in [-0.39, 0.29) is 12.1 Å². The van der Waals surface area contributed by atoms with E-state index in [0.29, 0.717) is 18.4 Å². The third-order valence-corrected chi connectivity index (χ3v) is 3.80. The summed E-state index contributed by atoms with van der Waals surface area (Å²) in [6.07, 6.45) is 6.24. The summed E-state index contributed by atoms with van der Waals surface area (Å²) >= 11 is 0. The molecule has 1 aliphatic rings. The zero-order valence-electron chi connectivity index (χ0n) is 13.9. The van der Waals surface area contributed by atoms with Gasteiger partial charge in [-0.05, 0) is 51.0 Å². The van der Waals surface area contributed by atoms with Gasteiger partial charge in [0.15, 0.2) is 0 Å². The number of hydrogen-bond donors (Lipinski definition) is 0. The van der Waals surface area contributed by atoms with Crippen LogP contribution >= 0.6 is 0 Å². The van der Waals surface area contributed by atoms with E-state index in [0.717, 1.165) is 12.8 Å². The van der Waals surface area contributed by atoms with E-state index >= 15 is 0 Å². The summed E-state index contributed by atoms with van der Waals surface area (Å²) in [7, 11) is 0. The minimum absolute atomic E-state index is 0.0740. The Labute approximate surface area is 123 Å². The van der Waals surface area contributed by atoms with Crippen molar-refractivity contribution in [3.8, 4) is 0 Å². The van der Waals surface area contributed by atoms with Gasteiger partial charge < -0.3 is 9.47 Å². The van der Waals surface area contributed by atoms with E-state index in [1.54, 1.807) is 6.92 Å². The Balaban J connectivity index is 2.54. The van der Waals surface area contributed by atoms with Gasteiger partial charge in [0, 0.05) is 6.42 Å². The molecule has 3 nitrogen and oxygen atoms in total. The number of carbonyl (C=O) groups is 1. The Morgan fingerprint density at radius 2 is 2.10 bits per heavy atom. The molecule has 0 fully saturated rings. The molecule has 0 radical (unpaired) electrons. The summed E-state index contributed by atoms with van der Waals surface area (Å²) in [6, 6.07) is 0. The first-order chi connectivity index (χ1) is 9.15. The normalized spacial score (nSPS) is 20.2. The van der Waals surface area contributed by atoms with Crippen LogP contribution in [0.1, 0.15) is 67.2 Å². The number of ether oxygens (including phenoxy) is 2. The zero-order chi connectivity index (χ0) is 15.4. The molecule has 1 rings (SSSR count). The number of rotatable bonds is 6. The van der Waals surface area contributed by atoms with Gasteiger partial charge >= 0.3 is 5.97 Å². The van der Waals surface area contributed by atoms with E-state index in [2.05, 4.69) is 26.8 Å². The Morgan fingerprint density at radius 1 is 1.45 bits per heavy atom. The van der Waals surface area contributed by atoms with Crippen molar-refractivity contribution in [1.29, 1.82) is 0 Å². The number of allylic oxidation sites excluding steroid dienone is 1. The Hall–Kier alpha value is -0.830. The van der Waals surface area contributed by atoms with Crippen LogP contribution in [-0.4, -0.2) is 24.3 Å². The average molecular weight is 282 g/mol. The highest BCUT2D eigenvalue weighted by molar-refractivity contribution is 5.68. The quantitative estimate of drug-likeness (QED) is 0.539. The van der Waals surface area contributed by atoms with Crippen molar-refractivity contribution in [1.82, 2.24) is 0 Å². The molecule has 0 aromatic carbocycles. The van der Waals surface area contributed by atoms with Crippen LogP contribution in [0.25, 0.3) is 0 Å². The standard InChI is InChI=1S/C17H30O3/c1-7-15(18)19-12-17(5,6)20-13(2)14-9-8-10-16(3,4)11-14/h9,13H,7-8,10-12H2,1-6H3. The molecule has 0 amide bonds. The van der Waals surface area contributed by atoms with Gasteiger partial charge in [-0.2, -0.15) is 0 Å². The largest absolute Gasteiger partial charge is 0.463 e. The Bertz CT molecular complexity index is 366. The van der Waals surface area contributed by atoms with Gasteiger partial charge in [0.05, 0.1) is 11.7 Å². The molecule has 0 N–H and O–H groups in total. The first kappa shape index (κ1) is 17.2. The molecule has 1 aliphatic carbocycles. The van der Waals surface area contributed by atoms with Crippen molar-refractivity contribution in [2.75, 3.05) is 6.61 Å². The molecule has 116 valence electrons. The third kappa shape index (κ3) is 5.66. The van der Waals surface area contributed by atoms with Gasteiger partial charge in [-0.15, -0.1) is 0 Å². The van der Waals surface area contributed by atoms with E-state index in [1.807, 2.05) is 13.8 Å². The number of hydrogen-bond acceptors (Lipinski definition) is 3. The number of esters is 1. The smallest absolute Gasteiger partial charge is 0.305 e. The molecule has 1 unspecified atom stereocenters. The van der Waals surface area contributed by atoms with Gasteiger partial charge in [0.25, 0.3) is 0 Å². The van der Waals surface area contributed by atoms with Gasteiger partial charge in [0.2, 0.25) is 0 Å². The highest BCUT2D eigenvalue weighted by Crippen LogP contribution is 2.37. The molecule has 0 aromatic rings. The van der Waals surface area contributed by atoms with E-state index in [9.17, 15) is 4.79 Å². The maximum Gasteiger partial charge on any atom is 0.305 e. The van der Waals surface area contributed by atoms with Crippen LogP contribution in [-0.2, 0) is 14.3 Å². The third-order valence-electron chi connectivity index (χ3n) is 3.80. The topological polar surface area (TPSA) is 35.5 Å². The molecule has 1 atom stereocenters. The van der Waals surface area contributed by atoms with Crippen molar-refractivity contribution >= 4 is 5.97 Å². The van der Waals surface area contributed by atoms with Gasteiger partial charge in [-0.3, -0.25) is 4.79 Å². The minimum atomic E-state index is -0.452. The van der Waals surface area contributed by atoms with Crippen molar-refractivity contribution in [3.05, 3.63) is 11.6 Å². The fraction of sp³-hybridized carbons (Fsp3) is 0.824. The van der Waals surface area contributed by atoms with E-state index in [4.69, 9.17) is 9.47 Å². The van der Waals surface area contributed by atoms with Crippen LogP contribution in [0.3, 0.4) is 0 Å². The van der Waals surface area contributed by atoms with Crippen molar-refractivity contribution in [2.45, 2.75) is 78.9 Å². The van der Waals surface area contributed by atoms with Crippen molar-refractivity contribution in [3.63, 3.8) is 0 Å². The fourth-order valence-electron chi connectivity index (χ4n) is 2.62. The van der Waals surface area contributed by atoms with Gasteiger partial charge in [-0.1, -0.05) is 26.8 Å². The molecule has 0 saturated heterocycles. The summed E-state index contributed by atoms with van der Waals surface area (Å²) in [5.41, 5.74) is 1.28. The van der Waals surface area contributed by atoms with Crippen LogP contribution in [0.5, 0.6) is 0 Å². The lowest BCUT2D eigenvalue weighted by atomic mass is 9.76. The van der Waals surface area contributed by atoms with Crippen LogP contribution in [0.4, 0.5) is 0 Å². The van der Waals surface area contributed by atoms with E-state index < -0.39 is 5.60 Å². The minimum Gasteiger partial charge on any atom is -0.463 e. The second kappa shape index (κ2) is 6.75. The molecular weight excluding hydrogens is 252 g/mol. The summed E-state index contributed by atoms with van der Waals surface area (Å²) in [5, 5.41) is 0. The molecule has 0 saturated carbocycles. The predicted molar refractivity (Wildman–Crippen MR) is 81.6 cm³/mol. The zero-order valence-corrected chi connectivity index (χ0v) is 13.9. The van der Waals surface area contributed by atoms with Crippen molar-refractivity contribution in [2.24, 2.45) is 5.41 Å². The summed E-state index contributed by atoms with van der Waals surface area (Å²) in [4.78, 5) is 11.2. The summed E-state index contributed by atoms with van der Waals surface area (Å²) < 4.78 is 11.3. The highest BCUT2D eigenvalue weighted by Gasteiger charge is 2.29. The molecular formula is C17H30O3. The molecule has 0 bridgehead atoms. The molecule has 0 spiro atoms. The highest BCUT2D eigenvalue weighted by atomic mass is 16.6. The second-order valence-corrected chi connectivity index (χ2v) is 7.19. The molecule has 0 aliphatic heterocycles. The monoisotopic (exact) mass is 282 g/mol. The van der Waals surface area contributed by atoms with Crippen LogP contribution in [0.15, 0.2) is 11.6 Å². The average Bonchev–Trinajstić information content (AvgIpc) is 2.34. The van der Waals surface area contributed by atoms with Crippen LogP contribution in [0.2, 0.25) is 0 Å². The molecule has 0 heterocycles.